The van der Waals surface area contributed by atoms with Crippen LogP contribution in [0, 0.1) is 43.3 Å². The summed E-state index contributed by atoms with van der Waals surface area (Å²) in [5.74, 6) is 0. The highest BCUT2D eigenvalue weighted by Gasteiger charge is 2.55. The van der Waals surface area contributed by atoms with Gasteiger partial charge in [-0.3, -0.25) is 4.79 Å². The molecule has 0 heterocycles. The van der Waals surface area contributed by atoms with Gasteiger partial charge in [-0.2, -0.15) is 0 Å². The summed E-state index contributed by atoms with van der Waals surface area (Å²) in [6, 6.07) is 0.0298. The molecular formula is C43H88N2O2. The standard InChI is InChI=1S/C43H88N2O2/c1-19-36(9,10)27-28-39(15,21-3)43(25-7,26-8)31-35(47)42(18,24-6)38(13,14)30-34(45-32-46)41(17,23-5)40(16,22-4)29-33(44)37(11,12)20-2/h32-35,47H,19-31,44H2,1-18H3,(H,45,46). The van der Waals surface area contributed by atoms with Crippen molar-refractivity contribution in [2.24, 2.45) is 49.1 Å². The van der Waals surface area contributed by atoms with Crippen molar-refractivity contribution in [3.8, 4) is 0 Å². The Kier molecular flexibility index (Phi) is 17.3. The Morgan fingerprint density at radius 2 is 1.09 bits per heavy atom. The highest BCUT2D eigenvalue weighted by Crippen LogP contribution is 2.60. The fourth-order valence-corrected chi connectivity index (χ4v) is 9.20. The number of hydrogen-bond donors (Lipinski definition) is 3. The molecule has 0 aromatic carbocycles. The van der Waals surface area contributed by atoms with Gasteiger partial charge in [0.1, 0.15) is 0 Å². The summed E-state index contributed by atoms with van der Waals surface area (Å²) >= 11 is 0. The minimum absolute atomic E-state index is 0.0424. The van der Waals surface area contributed by atoms with Crippen LogP contribution in [-0.4, -0.2) is 29.7 Å². The molecule has 0 radical (unpaired) electrons. The average molecular weight is 665 g/mol. The first-order valence-corrected chi connectivity index (χ1v) is 20.0. The lowest BCUT2D eigenvalue weighted by Crippen LogP contribution is -2.58. The van der Waals surface area contributed by atoms with Crippen molar-refractivity contribution < 1.29 is 9.90 Å². The molecule has 1 amide bonds. The van der Waals surface area contributed by atoms with E-state index >= 15 is 0 Å². The Balaban J connectivity index is 6.85. The Morgan fingerprint density at radius 3 is 1.45 bits per heavy atom. The second kappa shape index (κ2) is 17.5. The molecular weight excluding hydrogens is 576 g/mol. The summed E-state index contributed by atoms with van der Waals surface area (Å²) < 4.78 is 0. The Morgan fingerprint density at radius 1 is 0.596 bits per heavy atom. The largest absolute Gasteiger partial charge is 0.393 e. The van der Waals surface area contributed by atoms with Crippen molar-refractivity contribution in [3.63, 3.8) is 0 Å². The highest BCUT2D eigenvalue weighted by molar-refractivity contribution is 5.47. The van der Waals surface area contributed by atoms with E-state index in [1.165, 1.54) is 19.3 Å². The van der Waals surface area contributed by atoms with Gasteiger partial charge in [0.25, 0.3) is 0 Å². The van der Waals surface area contributed by atoms with E-state index in [0.29, 0.717) is 5.41 Å². The Hall–Kier alpha value is -0.610. The van der Waals surface area contributed by atoms with Crippen molar-refractivity contribution in [1.29, 1.82) is 0 Å². The lowest BCUT2D eigenvalue weighted by molar-refractivity contribution is -0.122. The lowest BCUT2D eigenvalue weighted by Gasteiger charge is -2.57. The van der Waals surface area contributed by atoms with Crippen LogP contribution in [0.4, 0.5) is 0 Å². The fourth-order valence-electron chi connectivity index (χ4n) is 9.20. The number of nitrogens with one attached hydrogen (secondary N) is 1. The third-order valence-electron chi connectivity index (χ3n) is 16.6. The molecule has 0 aromatic rings. The maximum atomic E-state index is 12.6. The number of amides is 1. The van der Waals surface area contributed by atoms with E-state index in [4.69, 9.17) is 5.73 Å². The third kappa shape index (κ3) is 9.80. The number of nitrogens with two attached hydrogens (primary N) is 1. The van der Waals surface area contributed by atoms with Crippen molar-refractivity contribution in [2.75, 3.05) is 0 Å². The van der Waals surface area contributed by atoms with E-state index in [-0.39, 0.29) is 50.0 Å². The zero-order chi connectivity index (χ0) is 37.3. The van der Waals surface area contributed by atoms with Crippen molar-refractivity contribution in [3.05, 3.63) is 0 Å². The molecule has 0 aromatic heterocycles. The van der Waals surface area contributed by atoms with Gasteiger partial charge >= 0.3 is 0 Å². The minimum Gasteiger partial charge on any atom is -0.393 e. The van der Waals surface area contributed by atoms with Crippen LogP contribution < -0.4 is 11.1 Å². The van der Waals surface area contributed by atoms with Gasteiger partial charge in [-0.1, -0.05) is 144 Å². The molecule has 4 N–H and O–H groups in total. The number of carbonyl (C=O) groups excluding carboxylic acids is 1. The van der Waals surface area contributed by atoms with E-state index < -0.39 is 6.10 Å². The van der Waals surface area contributed by atoms with Crippen LogP contribution in [-0.2, 0) is 4.79 Å². The van der Waals surface area contributed by atoms with Gasteiger partial charge < -0.3 is 16.2 Å². The first-order chi connectivity index (χ1) is 21.4. The number of hydrogen-bond acceptors (Lipinski definition) is 3. The maximum Gasteiger partial charge on any atom is 0.207 e. The van der Waals surface area contributed by atoms with Crippen LogP contribution in [0.2, 0.25) is 0 Å². The van der Waals surface area contributed by atoms with E-state index in [1.807, 2.05) is 0 Å². The smallest absolute Gasteiger partial charge is 0.207 e. The van der Waals surface area contributed by atoms with E-state index in [1.54, 1.807) is 0 Å². The molecule has 47 heavy (non-hydrogen) atoms. The second-order valence-corrected chi connectivity index (χ2v) is 19.2. The van der Waals surface area contributed by atoms with Crippen molar-refractivity contribution >= 4 is 6.41 Å². The van der Waals surface area contributed by atoms with E-state index in [9.17, 15) is 9.90 Å². The van der Waals surface area contributed by atoms with E-state index in [2.05, 4.69) is 130 Å². The van der Waals surface area contributed by atoms with Gasteiger partial charge in [-0.15, -0.1) is 0 Å². The van der Waals surface area contributed by atoms with Crippen LogP contribution >= 0.6 is 0 Å². The molecule has 0 aliphatic heterocycles. The summed E-state index contributed by atoms with van der Waals surface area (Å²) in [4.78, 5) is 12.3. The molecule has 0 fully saturated rings. The highest BCUT2D eigenvalue weighted by atomic mass is 16.3. The molecule has 4 nitrogen and oxygen atoms in total. The quantitative estimate of drug-likeness (QED) is 0.0850. The van der Waals surface area contributed by atoms with Crippen LogP contribution in [0.5, 0.6) is 0 Å². The first-order valence-electron chi connectivity index (χ1n) is 20.0. The second-order valence-electron chi connectivity index (χ2n) is 19.2. The molecule has 0 aliphatic carbocycles. The molecule has 7 atom stereocenters. The van der Waals surface area contributed by atoms with Gasteiger partial charge in [0.15, 0.2) is 0 Å². The summed E-state index contributed by atoms with van der Waals surface area (Å²) in [5.41, 5.74) is 6.74. The molecule has 0 spiro atoms. The normalized spacial score (nSPS) is 20.7. The first kappa shape index (κ1) is 46.4. The average Bonchev–Trinajstić information content (AvgIpc) is 3.04. The zero-order valence-electron chi connectivity index (χ0n) is 35.4. The molecule has 0 bridgehead atoms. The molecule has 0 aliphatic rings. The Bertz CT molecular complexity index is 923. The molecule has 282 valence electrons. The number of aliphatic hydroxyl groups is 1. The fraction of sp³-hybridized carbons (Fsp3) is 0.977. The topological polar surface area (TPSA) is 75.3 Å². The van der Waals surface area contributed by atoms with Gasteiger partial charge in [-0.05, 0) is 108 Å². The SMILES string of the molecule is CCC(C)(C)CCC(C)(CC)C(CC)(CC)CC(O)C(C)(CC)C(C)(C)CC(NC=O)C(C)(CC)C(C)(CC)CC(N)C(C)(C)CC. The minimum atomic E-state index is -0.450. The third-order valence-corrected chi connectivity index (χ3v) is 16.6. The maximum absolute atomic E-state index is 12.6. The number of rotatable bonds is 25. The van der Waals surface area contributed by atoms with Gasteiger partial charge in [-0.25, -0.2) is 0 Å². The molecule has 0 rings (SSSR count). The van der Waals surface area contributed by atoms with Crippen LogP contribution in [0.25, 0.3) is 0 Å². The predicted octanol–water partition coefficient (Wildman–Crippen LogP) is 12.1. The van der Waals surface area contributed by atoms with Gasteiger partial charge in [0, 0.05) is 12.1 Å². The van der Waals surface area contributed by atoms with Crippen LogP contribution in [0.3, 0.4) is 0 Å². The summed E-state index contributed by atoms with van der Waals surface area (Å²) in [6.45, 7) is 42.2. The monoisotopic (exact) mass is 665 g/mol. The summed E-state index contributed by atoms with van der Waals surface area (Å²) in [6.07, 6.45) is 13.7. The zero-order valence-corrected chi connectivity index (χ0v) is 35.4. The number of carbonyl (C=O) groups is 1. The van der Waals surface area contributed by atoms with Crippen LogP contribution in [0.1, 0.15) is 208 Å². The number of aliphatic hydroxyl groups excluding tert-OH is 1. The summed E-state index contributed by atoms with van der Waals surface area (Å²) in [5, 5.41) is 15.9. The van der Waals surface area contributed by atoms with Crippen LogP contribution in [0.15, 0.2) is 0 Å². The van der Waals surface area contributed by atoms with E-state index in [0.717, 1.165) is 70.6 Å². The molecule has 7 unspecified atom stereocenters. The van der Waals surface area contributed by atoms with Gasteiger partial charge in [0.2, 0.25) is 6.41 Å². The predicted molar refractivity (Wildman–Crippen MR) is 209 cm³/mol. The van der Waals surface area contributed by atoms with Gasteiger partial charge in [0.05, 0.1) is 6.10 Å². The van der Waals surface area contributed by atoms with Crippen molar-refractivity contribution in [2.45, 2.75) is 226 Å². The molecule has 4 heteroatoms. The lowest BCUT2D eigenvalue weighted by atomic mass is 9.49. The summed E-state index contributed by atoms with van der Waals surface area (Å²) in [7, 11) is 0. The Labute approximate surface area is 296 Å². The molecule has 0 saturated heterocycles. The van der Waals surface area contributed by atoms with Crippen molar-refractivity contribution in [1.82, 2.24) is 5.32 Å². The molecule has 0 saturated carbocycles.